The van der Waals surface area contributed by atoms with Crippen molar-refractivity contribution >= 4 is 15.9 Å². The van der Waals surface area contributed by atoms with E-state index >= 15 is 0 Å². The van der Waals surface area contributed by atoms with Gasteiger partial charge in [-0.25, -0.2) is 13.8 Å². The van der Waals surface area contributed by atoms with Gasteiger partial charge < -0.3 is 4.57 Å². The Morgan fingerprint density at radius 1 is 1.38 bits per heavy atom. The molecule has 0 aliphatic rings. The number of nitrogens with zero attached hydrogens (tertiary/aromatic N) is 3. The van der Waals surface area contributed by atoms with Crippen molar-refractivity contribution in [1.29, 1.82) is 0 Å². The van der Waals surface area contributed by atoms with Gasteiger partial charge in [-0.1, -0.05) is 15.9 Å². The first kappa shape index (κ1) is 13.6. The predicted octanol–water partition coefficient (Wildman–Crippen LogP) is 2.24. The maximum Gasteiger partial charge on any atom is 0.251 e. The summed E-state index contributed by atoms with van der Waals surface area (Å²) in [6.07, 6.45) is 3.93. The second-order valence-corrected chi connectivity index (χ2v) is 4.33. The summed E-state index contributed by atoms with van der Waals surface area (Å²) in [5.41, 5.74) is 0. The molecule has 1 heterocycles. The van der Waals surface area contributed by atoms with Crippen molar-refractivity contribution in [2.75, 3.05) is 25.0 Å². The molecule has 92 valence electrons. The van der Waals surface area contributed by atoms with E-state index in [2.05, 4.69) is 20.9 Å². The van der Waals surface area contributed by atoms with Crippen LogP contribution in [-0.2, 0) is 6.54 Å². The molecule has 0 aliphatic heterocycles. The Bertz CT molecular complexity index is 267. The summed E-state index contributed by atoms with van der Waals surface area (Å²) in [6, 6.07) is 0. The van der Waals surface area contributed by atoms with Crippen LogP contribution >= 0.6 is 15.9 Å². The van der Waals surface area contributed by atoms with Crippen LogP contribution in [0.2, 0.25) is 0 Å². The molecule has 0 N–H and O–H groups in total. The predicted molar refractivity (Wildman–Crippen MR) is 63.1 cm³/mol. The fraction of sp³-hybridized carbons (Fsp3) is 0.700. The molecule has 0 bridgehead atoms. The zero-order valence-electron chi connectivity index (χ0n) is 9.03. The van der Waals surface area contributed by atoms with Crippen LogP contribution in [0.5, 0.6) is 0 Å². The standard InChI is InChI=1S/C10H16BrF2N3/c11-2-6-15(8-10(12)13)4-1-5-16-7-3-14-9-16/h3,7,9-10H,1-2,4-6,8H2. The lowest BCUT2D eigenvalue weighted by Crippen LogP contribution is -2.32. The first-order valence-electron chi connectivity index (χ1n) is 5.24. The molecule has 0 saturated carbocycles. The van der Waals surface area contributed by atoms with Crippen LogP contribution in [0.1, 0.15) is 6.42 Å². The van der Waals surface area contributed by atoms with Crippen molar-refractivity contribution in [2.45, 2.75) is 19.4 Å². The number of alkyl halides is 3. The number of hydrogen-bond donors (Lipinski definition) is 0. The van der Waals surface area contributed by atoms with Crippen molar-refractivity contribution in [3.05, 3.63) is 18.7 Å². The average molecular weight is 296 g/mol. The van der Waals surface area contributed by atoms with E-state index in [0.717, 1.165) is 18.3 Å². The molecule has 1 aromatic heterocycles. The minimum atomic E-state index is -2.26. The van der Waals surface area contributed by atoms with Gasteiger partial charge >= 0.3 is 0 Å². The van der Waals surface area contributed by atoms with Crippen LogP contribution in [0.4, 0.5) is 8.78 Å². The molecule has 1 rings (SSSR count). The number of hydrogen-bond acceptors (Lipinski definition) is 2. The summed E-state index contributed by atoms with van der Waals surface area (Å²) in [6.45, 7) is 2.03. The Hall–Kier alpha value is -0.490. The van der Waals surface area contributed by atoms with Crippen molar-refractivity contribution in [1.82, 2.24) is 14.5 Å². The van der Waals surface area contributed by atoms with Crippen LogP contribution in [0.3, 0.4) is 0 Å². The largest absolute Gasteiger partial charge is 0.337 e. The lowest BCUT2D eigenvalue weighted by molar-refractivity contribution is 0.0903. The van der Waals surface area contributed by atoms with Gasteiger partial charge in [0.2, 0.25) is 0 Å². The highest BCUT2D eigenvalue weighted by atomic mass is 79.9. The first-order valence-corrected chi connectivity index (χ1v) is 6.36. The number of aromatic nitrogens is 2. The van der Waals surface area contributed by atoms with Gasteiger partial charge in [0.1, 0.15) is 0 Å². The molecular weight excluding hydrogens is 280 g/mol. The molecule has 0 atom stereocenters. The lowest BCUT2D eigenvalue weighted by atomic mass is 10.3. The maximum atomic E-state index is 12.2. The molecule has 0 spiro atoms. The fourth-order valence-corrected chi connectivity index (χ4v) is 2.01. The van der Waals surface area contributed by atoms with Gasteiger partial charge in [-0.3, -0.25) is 4.90 Å². The van der Waals surface area contributed by atoms with E-state index in [-0.39, 0.29) is 6.54 Å². The molecule has 0 radical (unpaired) electrons. The molecular formula is C10H16BrF2N3. The molecule has 0 fully saturated rings. The van der Waals surface area contributed by atoms with Gasteiger partial charge in [-0.15, -0.1) is 0 Å². The van der Waals surface area contributed by atoms with Crippen LogP contribution < -0.4 is 0 Å². The number of imidazole rings is 1. The van der Waals surface area contributed by atoms with E-state index in [1.54, 1.807) is 17.4 Å². The highest BCUT2D eigenvalue weighted by Crippen LogP contribution is 2.02. The van der Waals surface area contributed by atoms with E-state index in [1.807, 2.05) is 10.8 Å². The van der Waals surface area contributed by atoms with Gasteiger partial charge in [-0.2, -0.15) is 0 Å². The molecule has 3 nitrogen and oxygen atoms in total. The topological polar surface area (TPSA) is 21.1 Å². The molecule has 0 unspecified atom stereocenters. The van der Waals surface area contributed by atoms with E-state index < -0.39 is 6.43 Å². The van der Waals surface area contributed by atoms with Crippen LogP contribution in [-0.4, -0.2) is 45.8 Å². The van der Waals surface area contributed by atoms with Crippen LogP contribution in [0.15, 0.2) is 18.7 Å². The molecule has 0 aliphatic carbocycles. The van der Waals surface area contributed by atoms with Crippen LogP contribution in [0, 0.1) is 0 Å². The van der Waals surface area contributed by atoms with Gasteiger partial charge in [0.05, 0.1) is 12.9 Å². The highest BCUT2D eigenvalue weighted by Gasteiger charge is 2.10. The smallest absolute Gasteiger partial charge is 0.251 e. The molecule has 0 amide bonds. The van der Waals surface area contributed by atoms with Crippen LogP contribution in [0.25, 0.3) is 0 Å². The Balaban J connectivity index is 2.21. The third-order valence-corrected chi connectivity index (χ3v) is 2.60. The van der Waals surface area contributed by atoms with E-state index in [0.29, 0.717) is 13.1 Å². The summed E-state index contributed by atoms with van der Waals surface area (Å²) < 4.78 is 26.4. The molecule has 16 heavy (non-hydrogen) atoms. The zero-order chi connectivity index (χ0) is 11.8. The fourth-order valence-electron chi connectivity index (χ4n) is 1.50. The Morgan fingerprint density at radius 3 is 2.75 bits per heavy atom. The van der Waals surface area contributed by atoms with Crippen molar-refractivity contribution in [2.24, 2.45) is 0 Å². The van der Waals surface area contributed by atoms with Gasteiger partial charge in [0, 0.05) is 37.4 Å². The number of halogens is 3. The molecule has 6 heteroatoms. The highest BCUT2D eigenvalue weighted by molar-refractivity contribution is 9.09. The summed E-state index contributed by atoms with van der Waals surface area (Å²) in [7, 11) is 0. The van der Waals surface area contributed by atoms with Gasteiger partial charge in [-0.05, 0) is 6.42 Å². The summed E-state index contributed by atoms with van der Waals surface area (Å²) in [5.74, 6) is 0. The minimum Gasteiger partial charge on any atom is -0.337 e. The Kier molecular flexibility index (Phi) is 6.56. The van der Waals surface area contributed by atoms with E-state index in [4.69, 9.17) is 0 Å². The van der Waals surface area contributed by atoms with Gasteiger partial charge in [0.15, 0.2) is 0 Å². The zero-order valence-corrected chi connectivity index (χ0v) is 10.6. The monoisotopic (exact) mass is 295 g/mol. The Labute approximate surface area is 103 Å². The lowest BCUT2D eigenvalue weighted by Gasteiger charge is -2.20. The summed E-state index contributed by atoms with van der Waals surface area (Å²) in [5, 5.41) is 0.727. The second-order valence-electron chi connectivity index (χ2n) is 3.53. The normalized spacial score (nSPS) is 11.6. The molecule has 1 aromatic rings. The number of rotatable bonds is 8. The Morgan fingerprint density at radius 2 is 2.19 bits per heavy atom. The number of aryl methyl sites for hydroxylation is 1. The van der Waals surface area contributed by atoms with Crippen molar-refractivity contribution in [3.63, 3.8) is 0 Å². The first-order chi connectivity index (χ1) is 7.72. The summed E-state index contributed by atoms with van der Waals surface area (Å²) in [4.78, 5) is 5.70. The molecule has 0 aromatic carbocycles. The summed E-state index contributed by atoms with van der Waals surface area (Å²) >= 11 is 3.27. The molecule has 0 saturated heterocycles. The SMILES string of the molecule is FC(F)CN(CCBr)CCCn1ccnc1. The van der Waals surface area contributed by atoms with Crippen molar-refractivity contribution < 1.29 is 8.78 Å². The third kappa shape index (κ3) is 5.55. The minimum absolute atomic E-state index is 0.143. The van der Waals surface area contributed by atoms with E-state index in [1.165, 1.54) is 0 Å². The van der Waals surface area contributed by atoms with E-state index in [9.17, 15) is 8.78 Å². The third-order valence-electron chi connectivity index (χ3n) is 2.25. The second kappa shape index (κ2) is 7.73. The average Bonchev–Trinajstić information content (AvgIpc) is 2.70. The maximum absolute atomic E-state index is 12.2. The quantitative estimate of drug-likeness (QED) is 0.686. The van der Waals surface area contributed by atoms with Crippen molar-refractivity contribution in [3.8, 4) is 0 Å². The van der Waals surface area contributed by atoms with Gasteiger partial charge in [0.25, 0.3) is 6.43 Å².